The van der Waals surface area contributed by atoms with Crippen molar-refractivity contribution in [2.75, 3.05) is 13.2 Å². The molecule has 1 heterocycles. The third kappa shape index (κ3) is 2.06. The molecular weight excluding hydrogens is 132 g/mol. The van der Waals surface area contributed by atoms with Gasteiger partial charge in [0.25, 0.3) is 5.88 Å². The lowest BCUT2D eigenvalue weighted by Crippen LogP contribution is -2.05. The van der Waals surface area contributed by atoms with E-state index in [2.05, 4.69) is 9.68 Å². The van der Waals surface area contributed by atoms with Crippen LogP contribution in [0.4, 0.5) is 0 Å². The molecule has 1 rings (SSSR count). The summed E-state index contributed by atoms with van der Waals surface area (Å²) in [4.78, 5) is 0. The smallest absolute Gasteiger partial charge is 0.253 e. The third-order valence-electron chi connectivity index (χ3n) is 1.01. The van der Waals surface area contributed by atoms with Gasteiger partial charge in [0.05, 0.1) is 6.61 Å². The summed E-state index contributed by atoms with van der Waals surface area (Å²) in [5.41, 5.74) is 5.24. The molecule has 0 radical (unpaired) electrons. The summed E-state index contributed by atoms with van der Waals surface area (Å²) >= 11 is 0. The van der Waals surface area contributed by atoms with E-state index in [0.29, 0.717) is 19.0 Å². The van der Waals surface area contributed by atoms with Crippen LogP contribution in [0.5, 0.6) is 5.88 Å². The van der Waals surface area contributed by atoms with Crippen molar-refractivity contribution in [3.8, 4) is 5.88 Å². The van der Waals surface area contributed by atoms with E-state index >= 15 is 0 Å². The topological polar surface area (TPSA) is 61.3 Å². The highest BCUT2D eigenvalue weighted by atomic mass is 16.5. The highest BCUT2D eigenvalue weighted by molar-refractivity contribution is 5.01. The zero-order valence-electron chi connectivity index (χ0n) is 5.62. The number of nitrogens with two attached hydrogens (primary N) is 1. The Morgan fingerprint density at radius 1 is 1.70 bits per heavy atom. The summed E-state index contributed by atoms with van der Waals surface area (Å²) in [5.74, 6) is 0.522. The van der Waals surface area contributed by atoms with E-state index in [1.807, 2.05) is 0 Å². The Morgan fingerprint density at radius 2 is 2.60 bits per heavy atom. The van der Waals surface area contributed by atoms with E-state index in [1.54, 1.807) is 6.07 Å². The van der Waals surface area contributed by atoms with Crippen molar-refractivity contribution in [1.82, 2.24) is 5.16 Å². The van der Waals surface area contributed by atoms with Gasteiger partial charge in [-0.3, -0.25) is 0 Å². The van der Waals surface area contributed by atoms with Crippen LogP contribution in [0.15, 0.2) is 16.9 Å². The fourth-order valence-corrected chi connectivity index (χ4v) is 0.536. The van der Waals surface area contributed by atoms with Crippen molar-refractivity contribution in [3.05, 3.63) is 12.3 Å². The molecule has 0 amide bonds. The molecule has 0 aliphatic rings. The molecule has 0 aromatic carbocycles. The zero-order chi connectivity index (χ0) is 7.23. The van der Waals surface area contributed by atoms with Crippen LogP contribution in [0, 0.1) is 0 Å². The molecule has 2 N–H and O–H groups in total. The molecule has 0 unspecified atom stereocenters. The van der Waals surface area contributed by atoms with E-state index in [9.17, 15) is 0 Å². The van der Waals surface area contributed by atoms with Crippen LogP contribution in [-0.2, 0) is 0 Å². The van der Waals surface area contributed by atoms with Crippen LogP contribution >= 0.6 is 0 Å². The first-order valence-electron chi connectivity index (χ1n) is 3.16. The van der Waals surface area contributed by atoms with Gasteiger partial charge in [0.15, 0.2) is 0 Å². The second-order valence-corrected chi connectivity index (χ2v) is 1.83. The van der Waals surface area contributed by atoms with Gasteiger partial charge in [-0.2, -0.15) is 0 Å². The van der Waals surface area contributed by atoms with Gasteiger partial charge < -0.3 is 15.0 Å². The highest BCUT2D eigenvalue weighted by Gasteiger charge is 1.93. The van der Waals surface area contributed by atoms with Crippen molar-refractivity contribution < 1.29 is 9.26 Å². The lowest BCUT2D eigenvalue weighted by Gasteiger charge is -1.97. The fraction of sp³-hybridized carbons (Fsp3) is 0.500. The molecule has 1 aromatic rings. The van der Waals surface area contributed by atoms with Gasteiger partial charge in [-0.25, -0.2) is 0 Å². The molecule has 1 aromatic heterocycles. The van der Waals surface area contributed by atoms with Gasteiger partial charge in [-0.1, -0.05) is 0 Å². The van der Waals surface area contributed by atoms with E-state index in [0.717, 1.165) is 6.42 Å². The Kier molecular flexibility index (Phi) is 2.76. The second kappa shape index (κ2) is 3.90. The first-order chi connectivity index (χ1) is 4.93. The van der Waals surface area contributed by atoms with E-state index < -0.39 is 0 Å². The maximum absolute atomic E-state index is 5.24. The number of nitrogens with zero attached hydrogens (tertiary/aromatic N) is 1. The average Bonchev–Trinajstić information content (AvgIpc) is 2.41. The van der Waals surface area contributed by atoms with Gasteiger partial charge in [-0.15, -0.1) is 0 Å². The van der Waals surface area contributed by atoms with Crippen LogP contribution in [0.2, 0.25) is 0 Å². The summed E-state index contributed by atoms with van der Waals surface area (Å²) in [5, 5.41) is 3.55. The van der Waals surface area contributed by atoms with Crippen LogP contribution < -0.4 is 10.5 Å². The monoisotopic (exact) mass is 142 g/mol. The standard InChI is InChI=1S/C6H10N2O2/c7-3-1-4-9-6-2-5-10-8-6/h2,5H,1,3-4,7H2. The summed E-state index contributed by atoms with van der Waals surface area (Å²) in [6.45, 7) is 1.24. The van der Waals surface area contributed by atoms with Gasteiger partial charge in [-0.05, 0) is 18.1 Å². The molecule has 4 heteroatoms. The van der Waals surface area contributed by atoms with Crippen molar-refractivity contribution in [2.45, 2.75) is 6.42 Å². The molecule has 0 saturated carbocycles. The third-order valence-corrected chi connectivity index (χ3v) is 1.01. The summed E-state index contributed by atoms with van der Waals surface area (Å²) in [6.07, 6.45) is 2.31. The van der Waals surface area contributed by atoms with Crippen LogP contribution in [0.1, 0.15) is 6.42 Å². The summed E-state index contributed by atoms with van der Waals surface area (Å²) in [7, 11) is 0. The Bertz CT molecular complexity index is 162. The lowest BCUT2D eigenvalue weighted by molar-refractivity contribution is 0.276. The molecule has 4 nitrogen and oxygen atoms in total. The maximum Gasteiger partial charge on any atom is 0.253 e. The van der Waals surface area contributed by atoms with E-state index in [1.165, 1.54) is 6.26 Å². The summed E-state index contributed by atoms with van der Waals surface area (Å²) < 4.78 is 9.64. The van der Waals surface area contributed by atoms with Gasteiger partial charge >= 0.3 is 0 Å². The van der Waals surface area contributed by atoms with Crippen molar-refractivity contribution in [2.24, 2.45) is 5.73 Å². The zero-order valence-corrected chi connectivity index (χ0v) is 5.62. The Labute approximate surface area is 58.9 Å². The minimum Gasteiger partial charge on any atom is -0.475 e. The van der Waals surface area contributed by atoms with Gasteiger partial charge in [0, 0.05) is 6.07 Å². The molecule has 0 spiro atoms. The predicted molar refractivity (Wildman–Crippen MR) is 35.7 cm³/mol. The van der Waals surface area contributed by atoms with Crippen molar-refractivity contribution in [3.63, 3.8) is 0 Å². The fourth-order valence-electron chi connectivity index (χ4n) is 0.536. The van der Waals surface area contributed by atoms with Gasteiger partial charge in [0.1, 0.15) is 6.26 Å². The number of ether oxygens (including phenoxy) is 1. The SMILES string of the molecule is NCCCOc1ccon1. The maximum atomic E-state index is 5.24. The molecule has 0 fully saturated rings. The normalized spacial score (nSPS) is 9.70. The van der Waals surface area contributed by atoms with Gasteiger partial charge in [0.2, 0.25) is 0 Å². The second-order valence-electron chi connectivity index (χ2n) is 1.83. The highest BCUT2D eigenvalue weighted by Crippen LogP contribution is 2.03. The number of hydrogen-bond donors (Lipinski definition) is 1. The van der Waals surface area contributed by atoms with E-state index in [-0.39, 0.29) is 0 Å². The number of aromatic nitrogens is 1. The minimum absolute atomic E-state index is 0.522. The molecular formula is C6H10N2O2. The molecule has 10 heavy (non-hydrogen) atoms. The molecule has 0 saturated heterocycles. The molecule has 0 aliphatic carbocycles. The van der Waals surface area contributed by atoms with E-state index in [4.69, 9.17) is 10.5 Å². The summed E-state index contributed by atoms with van der Waals surface area (Å²) in [6, 6.07) is 1.66. The minimum atomic E-state index is 0.522. The van der Waals surface area contributed by atoms with Crippen molar-refractivity contribution >= 4 is 0 Å². The average molecular weight is 142 g/mol. The van der Waals surface area contributed by atoms with Crippen LogP contribution in [0.25, 0.3) is 0 Å². The number of hydrogen-bond acceptors (Lipinski definition) is 4. The number of rotatable bonds is 4. The first-order valence-corrected chi connectivity index (χ1v) is 3.16. The molecule has 56 valence electrons. The Morgan fingerprint density at radius 3 is 3.20 bits per heavy atom. The van der Waals surface area contributed by atoms with Crippen LogP contribution in [0.3, 0.4) is 0 Å². The largest absolute Gasteiger partial charge is 0.475 e. The Balaban J connectivity index is 2.15. The predicted octanol–water partition coefficient (Wildman–Crippen LogP) is 0.402. The molecule has 0 bridgehead atoms. The van der Waals surface area contributed by atoms with Crippen LogP contribution in [-0.4, -0.2) is 18.3 Å². The first kappa shape index (κ1) is 7.08. The molecule has 0 aliphatic heterocycles. The molecule has 0 atom stereocenters. The quantitative estimate of drug-likeness (QED) is 0.618. The Hall–Kier alpha value is -1.03. The lowest BCUT2D eigenvalue weighted by atomic mass is 10.5. The van der Waals surface area contributed by atoms with Crippen molar-refractivity contribution in [1.29, 1.82) is 0 Å².